The molecule has 0 unspecified atom stereocenters. The van der Waals surface area contributed by atoms with Crippen molar-refractivity contribution in [2.45, 2.75) is 58.9 Å². The maximum Gasteiger partial charge on any atom is 0.431 e. The van der Waals surface area contributed by atoms with Gasteiger partial charge in [-0.1, -0.05) is 24.6 Å². The molecule has 1 aromatic carbocycles. The van der Waals surface area contributed by atoms with Crippen LogP contribution in [0.3, 0.4) is 0 Å². The summed E-state index contributed by atoms with van der Waals surface area (Å²) in [7, 11) is -4.58. The van der Waals surface area contributed by atoms with Gasteiger partial charge in [0.1, 0.15) is 23.1 Å². The Morgan fingerprint density at radius 1 is 1.22 bits per heavy atom. The van der Waals surface area contributed by atoms with Crippen LogP contribution in [0.1, 0.15) is 46.6 Å². The number of nitrogens with zero attached hydrogens (tertiary/aromatic N) is 2. The van der Waals surface area contributed by atoms with Crippen LogP contribution in [0.4, 0.5) is 23.7 Å². The van der Waals surface area contributed by atoms with E-state index in [0.717, 1.165) is 4.90 Å². The molecule has 1 heterocycles. The first-order chi connectivity index (χ1) is 18.9. The third-order valence-electron chi connectivity index (χ3n) is 4.83. The Bertz CT molecular complexity index is 1290. The van der Waals surface area contributed by atoms with Gasteiger partial charge in [-0.2, -0.15) is 26.3 Å². The van der Waals surface area contributed by atoms with Crippen LogP contribution in [0.2, 0.25) is 5.02 Å². The van der Waals surface area contributed by atoms with Gasteiger partial charge in [0.15, 0.2) is 5.75 Å². The number of hydrogen-bond donors (Lipinski definition) is 2. The molecule has 0 saturated heterocycles. The van der Waals surface area contributed by atoms with Crippen LogP contribution in [0.25, 0.3) is 0 Å². The molecule has 16 heteroatoms. The van der Waals surface area contributed by atoms with Gasteiger partial charge in [-0.25, -0.2) is 9.78 Å². The Morgan fingerprint density at radius 2 is 1.88 bits per heavy atom. The standard InChI is InChI=1S/C25H33ClF3N3O8S/c1-6-11-32(23(33)40-41(35,36)31-10-12-37-16(2)3)21-19(38-15-24(4,5)34)8-7-9-20(21)39-22-18(26)13-17(14-30-22)25(27,28)29/h7-9,13-14,16,31,34H,6,10-12,15H2,1-5H3. The zero-order valence-electron chi connectivity index (χ0n) is 23.1. The second-order valence-electron chi connectivity index (χ2n) is 9.58. The van der Waals surface area contributed by atoms with Gasteiger partial charge in [0.05, 0.1) is 23.9 Å². The number of rotatable bonds is 14. The van der Waals surface area contributed by atoms with E-state index in [-0.39, 0.29) is 49.6 Å². The summed E-state index contributed by atoms with van der Waals surface area (Å²) in [6, 6.07) is 4.83. The maximum atomic E-state index is 13.2. The van der Waals surface area contributed by atoms with Crippen LogP contribution < -0.4 is 19.1 Å². The number of anilines is 1. The lowest BCUT2D eigenvalue weighted by Crippen LogP contribution is -2.39. The number of ether oxygens (including phenoxy) is 3. The van der Waals surface area contributed by atoms with Gasteiger partial charge in [-0.3, -0.25) is 4.90 Å². The smallest absolute Gasteiger partial charge is 0.431 e. The third-order valence-corrected chi connectivity index (χ3v) is 6.03. The normalized spacial score (nSPS) is 12.4. The van der Waals surface area contributed by atoms with Gasteiger partial charge in [0.25, 0.3) is 0 Å². The lowest BCUT2D eigenvalue weighted by Gasteiger charge is -2.27. The highest BCUT2D eigenvalue weighted by Crippen LogP contribution is 2.42. The molecule has 0 spiro atoms. The van der Waals surface area contributed by atoms with Crippen molar-refractivity contribution in [3.8, 4) is 17.4 Å². The van der Waals surface area contributed by atoms with Crippen molar-refractivity contribution >= 4 is 33.7 Å². The summed E-state index contributed by atoms with van der Waals surface area (Å²) < 4.78 is 87.7. The van der Waals surface area contributed by atoms with Crippen LogP contribution in [0, 0.1) is 0 Å². The van der Waals surface area contributed by atoms with Crippen LogP contribution in [0.15, 0.2) is 30.5 Å². The molecule has 0 aliphatic heterocycles. The number of alkyl halides is 3. The number of aromatic nitrogens is 1. The first-order valence-electron chi connectivity index (χ1n) is 12.4. The Labute approximate surface area is 241 Å². The second kappa shape index (κ2) is 14.4. The van der Waals surface area contributed by atoms with E-state index in [1.807, 2.05) is 0 Å². The minimum atomic E-state index is -4.70. The highest BCUT2D eigenvalue weighted by molar-refractivity contribution is 7.85. The number of halogens is 4. The Balaban J connectivity index is 2.49. The first kappa shape index (κ1) is 34.4. The fraction of sp³-hybridized carbons (Fsp3) is 0.520. The minimum Gasteiger partial charge on any atom is -0.488 e. The quantitative estimate of drug-likeness (QED) is 0.267. The Kier molecular flexibility index (Phi) is 12.0. The number of aliphatic hydroxyl groups is 1. The number of nitrogens with one attached hydrogen (secondary N) is 1. The molecule has 1 amide bonds. The molecule has 0 bridgehead atoms. The number of carbonyl (C=O) groups excluding carboxylic acids is 1. The van der Waals surface area contributed by atoms with E-state index in [1.54, 1.807) is 20.8 Å². The van der Waals surface area contributed by atoms with E-state index in [1.165, 1.54) is 32.0 Å². The molecule has 2 rings (SSSR count). The van der Waals surface area contributed by atoms with Gasteiger partial charge < -0.3 is 23.5 Å². The molecule has 0 atom stereocenters. The lowest BCUT2D eigenvalue weighted by molar-refractivity contribution is -0.137. The van der Waals surface area contributed by atoms with Crippen molar-refractivity contribution in [3.05, 3.63) is 41.0 Å². The molecule has 0 saturated carbocycles. The van der Waals surface area contributed by atoms with Crippen molar-refractivity contribution in [1.82, 2.24) is 9.71 Å². The molecule has 2 aromatic rings. The van der Waals surface area contributed by atoms with E-state index in [4.69, 9.17) is 30.0 Å². The predicted molar refractivity (Wildman–Crippen MR) is 145 cm³/mol. The van der Waals surface area contributed by atoms with Gasteiger partial charge in [-0.05, 0) is 52.3 Å². The van der Waals surface area contributed by atoms with E-state index in [2.05, 4.69) is 9.71 Å². The molecule has 0 fully saturated rings. The number of benzene rings is 1. The highest BCUT2D eigenvalue weighted by Gasteiger charge is 2.33. The molecule has 11 nitrogen and oxygen atoms in total. The Hall–Kier alpha value is -2.85. The fourth-order valence-corrected chi connectivity index (χ4v) is 4.00. The number of pyridine rings is 1. The van der Waals surface area contributed by atoms with Crippen molar-refractivity contribution in [2.24, 2.45) is 0 Å². The van der Waals surface area contributed by atoms with E-state index >= 15 is 0 Å². The second-order valence-corrected chi connectivity index (χ2v) is 11.4. The summed E-state index contributed by atoms with van der Waals surface area (Å²) >= 11 is 6.01. The zero-order chi connectivity index (χ0) is 31.0. The maximum absolute atomic E-state index is 13.2. The van der Waals surface area contributed by atoms with Crippen LogP contribution in [-0.2, 0) is 25.4 Å². The number of hydrogen-bond acceptors (Lipinski definition) is 9. The van der Waals surface area contributed by atoms with Crippen molar-refractivity contribution in [1.29, 1.82) is 0 Å². The lowest BCUT2D eigenvalue weighted by atomic mass is 10.1. The number of carbonyl (C=O) groups is 1. The van der Waals surface area contributed by atoms with Crippen LogP contribution >= 0.6 is 11.6 Å². The molecule has 1 aromatic heterocycles. The predicted octanol–water partition coefficient (Wildman–Crippen LogP) is 5.31. The van der Waals surface area contributed by atoms with Crippen LogP contribution in [0.5, 0.6) is 17.4 Å². The summed E-state index contributed by atoms with van der Waals surface area (Å²) in [5, 5.41) is 9.69. The Morgan fingerprint density at radius 3 is 2.44 bits per heavy atom. The highest BCUT2D eigenvalue weighted by atomic mass is 35.5. The molecule has 0 aliphatic rings. The zero-order valence-corrected chi connectivity index (χ0v) is 24.7. The van der Waals surface area contributed by atoms with Gasteiger partial charge in [-0.15, -0.1) is 0 Å². The van der Waals surface area contributed by atoms with Crippen molar-refractivity contribution in [3.63, 3.8) is 0 Å². The van der Waals surface area contributed by atoms with E-state index in [9.17, 15) is 31.5 Å². The molecule has 230 valence electrons. The molecule has 0 aliphatic carbocycles. The summed E-state index contributed by atoms with van der Waals surface area (Å²) in [6.07, 6.45) is -5.35. The van der Waals surface area contributed by atoms with Gasteiger partial charge in [0, 0.05) is 19.3 Å². The topological polar surface area (TPSA) is 137 Å². The van der Waals surface area contributed by atoms with E-state index < -0.39 is 44.6 Å². The average molecular weight is 628 g/mol. The average Bonchev–Trinajstić information content (AvgIpc) is 2.84. The number of amides is 1. The molecular formula is C25H33ClF3N3O8S. The summed E-state index contributed by atoms with van der Waals surface area (Å²) in [4.78, 5) is 17.8. The molecule has 41 heavy (non-hydrogen) atoms. The minimum absolute atomic E-state index is 0.0274. The van der Waals surface area contributed by atoms with Crippen molar-refractivity contribution in [2.75, 3.05) is 31.2 Å². The monoisotopic (exact) mass is 627 g/mol. The first-order valence-corrected chi connectivity index (χ1v) is 14.2. The van der Waals surface area contributed by atoms with Gasteiger partial charge in [0.2, 0.25) is 5.88 Å². The van der Waals surface area contributed by atoms with Crippen LogP contribution in [-0.4, -0.2) is 62.6 Å². The summed E-state index contributed by atoms with van der Waals surface area (Å²) in [5.41, 5.74) is -2.56. The number of para-hydroxylation sites is 1. The third kappa shape index (κ3) is 11.2. The van der Waals surface area contributed by atoms with Crippen molar-refractivity contribution < 1.29 is 49.9 Å². The SMILES string of the molecule is CCCN(C(=O)OS(=O)(=O)NCCOC(C)C)c1c(OCC(C)(C)O)cccc1Oc1ncc(C(F)(F)F)cc1Cl. The van der Waals surface area contributed by atoms with Gasteiger partial charge >= 0.3 is 22.6 Å². The molecule has 2 N–H and O–H groups in total. The van der Waals surface area contributed by atoms with E-state index in [0.29, 0.717) is 18.7 Å². The molecule has 0 radical (unpaired) electrons. The summed E-state index contributed by atoms with van der Waals surface area (Å²) in [5.74, 6) is -0.632. The summed E-state index contributed by atoms with van der Waals surface area (Å²) in [6.45, 7) is 7.68. The molecular weight excluding hydrogens is 595 g/mol. The largest absolute Gasteiger partial charge is 0.488 e. The fourth-order valence-electron chi connectivity index (χ4n) is 3.13.